The van der Waals surface area contributed by atoms with Crippen molar-refractivity contribution < 1.29 is 23.9 Å². The van der Waals surface area contributed by atoms with E-state index in [2.05, 4.69) is 10.6 Å². The van der Waals surface area contributed by atoms with Gasteiger partial charge in [-0.15, -0.1) is 0 Å². The van der Waals surface area contributed by atoms with E-state index in [0.29, 0.717) is 31.0 Å². The van der Waals surface area contributed by atoms with Crippen LogP contribution in [0.2, 0.25) is 0 Å². The molecule has 0 aliphatic heterocycles. The zero-order valence-corrected chi connectivity index (χ0v) is 17.9. The fourth-order valence-corrected chi connectivity index (χ4v) is 3.56. The molecule has 0 spiro atoms. The number of rotatable bonds is 11. The van der Waals surface area contributed by atoms with E-state index in [-0.39, 0.29) is 36.7 Å². The molecule has 0 unspecified atom stereocenters. The van der Waals surface area contributed by atoms with Crippen LogP contribution in [0.5, 0.6) is 5.75 Å². The summed E-state index contributed by atoms with van der Waals surface area (Å²) >= 11 is 0. The van der Waals surface area contributed by atoms with Crippen LogP contribution < -0.4 is 15.4 Å². The SMILES string of the molecule is COCCCN(CC(=O)NCC(=O)Nc1ccc(OC)cc1)C(=O)C1CCCCC1. The molecule has 1 fully saturated rings. The van der Waals surface area contributed by atoms with Crippen LogP contribution in [0.3, 0.4) is 0 Å². The molecule has 1 aromatic rings. The first kappa shape index (κ1) is 23.7. The molecule has 0 bridgehead atoms. The Morgan fingerprint density at radius 2 is 1.73 bits per heavy atom. The quantitative estimate of drug-likeness (QED) is 0.536. The van der Waals surface area contributed by atoms with Crippen LogP contribution in [0.15, 0.2) is 24.3 Å². The first-order valence-electron chi connectivity index (χ1n) is 10.5. The van der Waals surface area contributed by atoms with Crippen LogP contribution in [0.4, 0.5) is 5.69 Å². The maximum atomic E-state index is 12.9. The minimum absolute atomic E-state index is 0.00698. The lowest BCUT2D eigenvalue weighted by Gasteiger charge is -2.29. The molecular weight excluding hydrogens is 386 g/mol. The number of anilines is 1. The number of carbonyl (C=O) groups is 3. The Balaban J connectivity index is 1.82. The van der Waals surface area contributed by atoms with Gasteiger partial charge in [0.2, 0.25) is 17.7 Å². The summed E-state index contributed by atoms with van der Waals surface area (Å²) in [5.74, 6) is 0.0353. The molecular formula is C22H33N3O5. The fraction of sp³-hybridized carbons (Fsp3) is 0.591. The Labute approximate surface area is 178 Å². The fourth-order valence-electron chi connectivity index (χ4n) is 3.56. The van der Waals surface area contributed by atoms with Gasteiger partial charge in [0.15, 0.2) is 0 Å². The predicted octanol–water partition coefficient (Wildman–Crippen LogP) is 2.20. The second-order valence-electron chi connectivity index (χ2n) is 7.49. The lowest BCUT2D eigenvalue weighted by Crippen LogP contribution is -2.45. The van der Waals surface area contributed by atoms with E-state index in [0.717, 1.165) is 32.1 Å². The van der Waals surface area contributed by atoms with Gasteiger partial charge < -0.3 is 25.0 Å². The molecule has 1 saturated carbocycles. The van der Waals surface area contributed by atoms with Crippen LogP contribution in [0, 0.1) is 5.92 Å². The Hall–Kier alpha value is -2.61. The summed E-state index contributed by atoms with van der Waals surface area (Å²) in [6.45, 7) is 0.790. The maximum absolute atomic E-state index is 12.9. The Morgan fingerprint density at radius 1 is 1.03 bits per heavy atom. The van der Waals surface area contributed by atoms with Gasteiger partial charge in [0.25, 0.3) is 0 Å². The monoisotopic (exact) mass is 419 g/mol. The molecule has 1 aliphatic carbocycles. The number of methoxy groups -OCH3 is 2. The lowest BCUT2D eigenvalue weighted by atomic mass is 9.88. The van der Waals surface area contributed by atoms with E-state index in [9.17, 15) is 14.4 Å². The molecule has 8 nitrogen and oxygen atoms in total. The van der Waals surface area contributed by atoms with E-state index in [1.165, 1.54) is 0 Å². The maximum Gasteiger partial charge on any atom is 0.243 e. The minimum atomic E-state index is -0.346. The topological polar surface area (TPSA) is 97.0 Å². The van der Waals surface area contributed by atoms with Crippen LogP contribution >= 0.6 is 0 Å². The number of amides is 3. The summed E-state index contributed by atoms with van der Waals surface area (Å²) in [4.78, 5) is 39.0. The van der Waals surface area contributed by atoms with Crippen molar-refractivity contribution in [2.45, 2.75) is 38.5 Å². The minimum Gasteiger partial charge on any atom is -0.497 e. The summed E-state index contributed by atoms with van der Waals surface area (Å²) < 4.78 is 10.2. The van der Waals surface area contributed by atoms with Crippen molar-refractivity contribution in [2.24, 2.45) is 5.92 Å². The number of ether oxygens (including phenoxy) is 2. The van der Waals surface area contributed by atoms with Gasteiger partial charge in [-0.1, -0.05) is 19.3 Å². The lowest BCUT2D eigenvalue weighted by molar-refractivity contribution is -0.140. The van der Waals surface area contributed by atoms with Gasteiger partial charge in [0.1, 0.15) is 5.75 Å². The zero-order chi connectivity index (χ0) is 21.8. The molecule has 3 amide bonds. The third kappa shape index (κ3) is 8.02. The van der Waals surface area contributed by atoms with Crippen LogP contribution in [0.25, 0.3) is 0 Å². The van der Waals surface area contributed by atoms with Crippen molar-refractivity contribution in [1.29, 1.82) is 0 Å². The molecule has 30 heavy (non-hydrogen) atoms. The van der Waals surface area contributed by atoms with Crippen LogP contribution in [0.1, 0.15) is 38.5 Å². The zero-order valence-electron chi connectivity index (χ0n) is 17.9. The van der Waals surface area contributed by atoms with E-state index < -0.39 is 0 Å². The molecule has 0 aromatic heterocycles. The summed E-state index contributed by atoms with van der Waals surface area (Å²) in [5, 5.41) is 5.32. The Bertz CT molecular complexity index is 687. The molecule has 0 radical (unpaired) electrons. The molecule has 0 atom stereocenters. The molecule has 1 aliphatic rings. The van der Waals surface area contributed by atoms with E-state index in [1.54, 1.807) is 43.4 Å². The van der Waals surface area contributed by atoms with Gasteiger partial charge >= 0.3 is 0 Å². The van der Waals surface area contributed by atoms with E-state index in [4.69, 9.17) is 9.47 Å². The highest BCUT2D eigenvalue weighted by Crippen LogP contribution is 2.25. The summed E-state index contributed by atoms with van der Waals surface area (Å²) in [5.41, 5.74) is 0.615. The van der Waals surface area contributed by atoms with Gasteiger partial charge in [0.05, 0.1) is 20.2 Å². The van der Waals surface area contributed by atoms with Crippen molar-refractivity contribution in [3.63, 3.8) is 0 Å². The summed E-state index contributed by atoms with van der Waals surface area (Å²) in [6, 6.07) is 6.92. The van der Waals surface area contributed by atoms with Gasteiger partial charge in [0, 0.05) is 31.9 Å². The van der Waals surface area contributed by atoms with Crippen molar-refractivity contribution in [3.05, 3.63) is 24.3 Å². The highest BCUT2D eigenvalue weighted by Gasteiger charge is 2.27. The number of hydrogen-bond acceptors (Lipinski definition) is 5. The second kappa shape index (κ2) is 12.8. The summed E-state index contributed by atoms with van der Waals surface area (Å²) in [7, 11) is 3.18. The number of nitrogens with zero attached hydrogens (tertiary/aromatic N) is 1. The first-order chi connectivity index (χ1) is 14.5. The number of hydrogen-bond donors (Lipinski definition) is 2. The van der Waals surface area contributed by atoms with Crippen molar-refractivity contribution >= 4 is 23.4 Å². The average Bonchev–Trinajstić information content (AvgIpc) is 2.78. The van der Waals surface area contributed by atoms with E-state index >= 15 is 0 Å². The normalized spacial score (nSPS) is 14.1. The Kier molecular flexibility index (Phi) is 10.1. The third-order valence-electron chi connectivity index (χ3n) is 5.20. The average molecular weight is 420 g/mol. The van der Waals surface area contributed by atoms with E-state index in [1.807, 2.05) is 0 Å². The number of benzene rings is 1. The molecule has 0 heterocycles. The third-order valence-corrected chi connectivity index (χ3v) is 5.20. The van der Waals surface area contributed by atoms with Crippen LogP contribution in [-0.4, -0.2) is 63.1 Å². The number of carbonyl (C=O) groups excluding carboxylic acids is 3. The van der Waals surface area contributed by atoms with Crippen molar-refractivity contribution in [2.75, 3.05) is 45.8 Å². The summed E-state index contributed by atoms with van der Waals surface area (Å²) in [6.07, 6.45) is 5.70. The highest BCUT2D eigenvalue weighted by molar-refractivity contribution is 5.95. The standard InChI is InChI=1S/C22H33N3O5/c1-29-14-6-13-25(22(28)17-7-4-3-5-8-17)16-21(27)23-15-20(26)24-18-9-11-19(30-2)12-10-18/h9-12,17H,3-8,13-16H2,1-2H3,(H,23,27)(H,24,26). The predicted molar refractivity (Wildman–Crippen MR) is 114 cm³/mol. The van der Waals surface area contributed by atoms with Crippen LogP contribution in [-0.2, 0) is 19.1 Å². The molecule has 166 valence electrons. The van der Waals surface area contributed by atoms with Crippen molar-refractivity contribution in [3.8, 4) is 5.75 Å². The first-order valence-corrected chi connectivity index (χ1v) is 10.5. The molecule has 0 saturated heterocycles. The second-order valence-corrected chi connectivity index (χ2v) is 7.49. The van der Waals surface area contributed by atoms with Gasteiger partial charge in [-0.05, 0) is 43.5 Å². The molecule has 2 rings (SSSR count). The molecule has 1 aromatic carbocycles. The van der Waals surface area contributed by atoms with Gasteiger partial charge in [-0.25, -0.2) is 0 Å². The largest absolute Gasteiger partial charge is 0.497 e. The number of nitrogens with one attached hydrogen (secondary N) is 2. The highest BCUT2D eigenvalue weighted by atomic mass is 16.5. The smallest absolute Gasteiger partial charge is 0.243 e. The Morgan fingerprint density at radius 3 is 2.37 bits per heavy atom. The van der Waals surface area contributed by atoms with Crippen molar-refractivity contribution in [1.82, 2.24) is 10.2 Å². The molecule has 2 N–H and O–H groups in total. The molecule has 8 heteroatoms. The van der Waals surface area contributed by atoms with Gasteiger partial charge in [-0.2, -0.15) is 0 Å². The van der Waals surface area contributed by atoms with Gasteiger partial charge in [-0.3, -0.25) is 14.4 Å².